The summed E-state index contributed by atoms with van der Waals surface area (Å²) in [6.45, 7) is 3.63. The molecule has 0 aromatic carbocycles. The van der Waals surface area contributed by atoms with E-state index in [1.807, 2.05) is 6.92 Å². The first-order valence-corrected chi connectivity index (χ1v) is 1.61. The van der Waals surface area contributed by atoms with Gasteiger partial charge in [-0.25, -0.2) is 0 Å². The molecule has 2 nitrogen and oxygen atoms in total. The predicted molar refractivity (Wildman–Crippen MR) is 19.9 cm³/mol. The van der Waals surface area contributed by atoms with Crippen molar-refractivity contribution in [3.05, 3.63) is 6.73 Å². The molecule has 0 aromatic heterocycles. The molecule has 0 saturated heterocycles. The number of rotatable bonds is 2. The summed E-state index contributed by atoms with van der Waals surface area (Å²) in [5, 5.41) is 10.4. The van der Waals surface area contributed by atoms with Gasteiger partial charge in [0.15, 0.2) is 0 Å². The Bertz CT molecular complexity index is 14.4. The fraction of sp³-hybridized carbons (Fsp3) is 0.667. The van der Waals surface area contributed by atoms with E-state index in [0.29, 0.717) is 0 Å². The van der Waals surface area contributed by atoms with E-state index in [9.17, 15) is 0 Å². The summed E-state index contributed by atoms with van der Waals surface area (Å²) in [7, 11) is 0. The van der Waals surface area contributed by atoms with E-state index in [0.717, 1.165) is 13.3 Å². The maximum absolute atomic E-state index is 7.83. The summed E-state index contributed by atoms with van der Waals surface area (Å²) in [5.41, 5.74) is 0. The Morgan fingerprint density at radius 2 is 2.60 bits per heavy atom. The van der Waals surface area contributed by atoms with Gasteiger partial charge < -0.3 is 5.11 Å². The number of aliphatic hydroxyl groups is 1. The van der Waals surface area contributed by atoms with Crippen molar-refractivity contribution in [3.8, 4) is 0 Å². The monoisotopic (exact) mass is 74.1 g/mol. The van der Waals surface area contributed by atoms with Crippen molar-refractivity contribution in [1.29, 1.82) is 0 Å². The maximum Gasteiger partial charge on any atom is 0.144 e. The molecule has 2 heteroatoms. The zero-order chi connectivity index (χ0) is 4.12. The molecule has 0 bridgehead atoms. The smallest absolute Gasteiger partial charge is 0.144 e. The second-order valence-corrected chi connectivity index (χ2v) is 0.687. The third-order valence-corrected chi connectivity index (χ3v) is 0.295. The van der Waals surface area contributed by atoms with Crippen molar-refractivity contribution >= 4 is 0 Å². The lowest BCUT2D eigenvalue weighted by atomic mass is 10.8. The molecule has 0 saturated carbocycles. The Morgan fingerprint density at radius 1 is 2.00 bits per heavy atom. The van der Waals surface area contributed by atoms with Crippen molar-refractivity contribution in [2.45, 2.75) is 6.92 Å². The average molecular weight is 74.1 g/mol. The molecule has 0 heterocycles. The van der Waals surface area contributed by atoms with E-state index in [1.54, 1.807) is 0 Å². The van der Waals surface area contributed by atoms with Gasteiger partial charge in [0, 0.05) is 0 Å². The van der Waals surface area contributed by atoms with Crippen LogP contribution in [0.5, 0.6) is 0 Å². The van der Waals surface area contributed by atoms with Crippen LogP contribution in [-0.4, -0.2) is 11.7 Å². The van der Waals surface area contributed by atoms with Crippen LogP contribution in [0.25, 0.3) is 0 Å². The standard InChI is InChI=1S/C3H8NO/c1-2-4-3-5/h3-5H,2H2,1H3. The molecular formula is C3H8NO. The van der Waals surface area contributed by atoms with Gasteiger partial charge in [-0.1, -0.05) is 6.92 Å². The molecule has 0 spiro atoms. The first kappa shape index (κ1) is 4.92. The van der Waals surface area contributed by atoms with Crippen LogP contribution in [0, 0.1) is 6.73 Å². The highest BCUT2D eigenvalue weighted by Gasteiger charge is 1.65. The molecule has 0 aliphatic rings. The highest BCUT2D eigenvalue weighted by atomic mass is 16.3. The predicted octanol–water partition coefficient (Wildman–Crippen LogP) is 0.0877. The summed E-state index contributed by atoms with van der Waals surface area (Å²) in [4.78, 5) is 0. The molecule has 2 N–H and O–H groups in total. The van der Waals surface area contributed by atoms with E-state index in [-0.39, 0.29) is 0 Å². The van der Waals surface area contributed by atoms with E-state index in [1.165, 1.54) is 0 Å². The molecule has 0 aromatic rings. The fourth-order valence-electron chi connectivity index (χ4n) is 0.0913. The highest BCUT2D eigenvalue weighted by molar-refractivity contribution is 4.35. The van der Waals surface area contributed by atoms with Crippen molar-refractivity contribution < 1.29 is 5.11 Å². The summed E-state index contributed by atoms with van der Waals surface area (Å²) >= 11 is 0. The Hall–Kier alpha value is -0.0800. The average Bonchev–Trinajstić information content (AvgIpc) is 1.41. The Kier molecular flexibility index (Phi) is 3.86. The minimum absolute atomic E-state index is 0.788. The minimum atomic E-state index is 0.788. The first-order chi connectivity index (χ1) is 2.41. The summed E-state index contributed by atoms with van der Waals surface area (Å²) in [6.07, 6.45) is 0. The summed E-state index contributed by atoms with van der Waals surface area (Å²) in [6, 6.07) is 0. The molecular weight excluding hydrogens is 66.0 g/mol. The lowest BCUT2D eigenvalue weighted by molar-refractivity contribution is 0.353. The van der Waals surface area contributed by atoms with Crippen LogP contribution in [0.4, 0.5) is 0 Å². The van der Waals surface area contributed by atoms with Gasteiger partial charge in [0.05, 0.1) is 0 Å². The van der Waals surface area contributed by atoms with Gasteiger partial charge in [-0.05, 0) is 6.54 Å². The van der Waals surface area contributed by atoms with Crippen LogP contribution < -0.4 is 5.32 Å². The third-order valence-electron chi connectivity index (χ3n) is 0.295. The van der Waals surface area contributed by atoms with Crippen LogP contribution in [0.1, 0.15) is 6.92 Å². The molecule has 0 aliphatic carbocycles. The van der Waals surface area contributed by atoms with E-state index in [2.05, 4.69) is 5.32 Å². The van der Waals surface area contributed by atoms with Crippen LogP contribution >= 0.6 is 0 Å². The second-order valence-electron chi connectivity index (χ2n) is 0.687. The fourth-order valence-corrected chi connectivity index (χ4v) is 0.0913. The van der Waals surface area contributed by atoms with E-state index >= 15 is 0 Å². The van der Waals surface area contributed by atoms with E-state index in [4.69, 9.17) is 5.11 Å². The largest absolute Gasteiger partial charge is 0.374 e. The quantitative estimate of drug-likeness (QED) is 0.486. The van der Waals surface area contributed by atoms with Crippen LogP contribution in [0.15, 0.2) is 0 Å². The summed E-state index contributed by atoms with van der Waals surface area (Å²) in [5.74, 6) is 0. The molecule has 0 amide bonds. The van der Waals surface area contributed by atoms with Crippen LogP contribution in [-0.2, 0) is 0 Å². The zero-order valence-electron chi connectivity index (χ0n) is 3.23. The van der Waals surface area contributed by atoms with Gasteiger partial charge in [-0.2, -0.15) is 0 Å². The van der Waals surface area contributed by atoms with Crippen LogP contribution in [0.2, 0.25) is 0 Å². The number of hydrogen-bond donors (Lipinski definition) is 2. The third kappa shape index (κ3) is 3.92. The topological polar surface area (TPSA) is 32.3 Å². The molecule has 0 atom stereocenters. The molecule has 0 fully saturated rings. The Morgan fingerprint density at radius 3 is 2.60 bits per heavy atom. The Balaban J connectivity index is 2.19. The Labute approximate surface area is 31.8 Å². The van der Waals surface area contributed by atoms with Crippen LogP contribution in [0.3, 0.4) is 0 Å². The number of nitrogens with one attached hydrogen (secondary N) is 1. The van der Waals surface area contributed by atoms with Gasteiger partial charge in [-0.3, -0.25) is 5.32 Å². The first-order valence-electron chi connectivity index (χ1n) is 1.61. The molecule has 31 valence electrons. The van der Waals surface area contributed by atoms with Gasteiger partial charge in [-0.15, -0.1) is 0 Å². The van der Waals surface area contributed by atoms with Crippen molar-refractivity contribution in [2.24, 2.45) is 0 Å². The summed E-state index contributed by atoms with van der Waals surface area (Å²) < 4.78 is 0. The molecule has 0 aliphatic heterocycles. The molecule has 0 unspecified atom stereocenters. The lowest BCUT2D eigenvalue weighted by Gasteiger charge is -1.84. The normalized spacial score (nSPS) is 8.40. The molecule has 1 radical (unpaired) electrons. The van der Waals surface area contributed by atoms with Gasteiger partial charge in [0.1, 0.15) is 6.73 Å². The number of aliphatic hydroxyl groups excluding tert-OH is 1. The van der Waals surface area contributed by atoms with Crippen molar-refractivity contribution in [3.63, 3.8) is 0 Å². The molecule has 5 heavy (non-hydrogen) atoms. The lowest BCUT2D eigenvalue weighted by Crippen LogP contribution is -2.06. The zero-order valence-corrected chi connectivity index (χ0v) is 3.23. The highest BCUT2D eigenvalue weighted by Crippen LogP contribution is 1.50. The maximum atomic E-state index is 7.83. The molecule has 0 rings (SSSR count). The van der Waals surface area contributed by atoms with Gasteiger partial charge >= 0.3 is 0 Å². The number of hydrogen-bond acceptors (Lipinski definition) is 2. The second kappa shape index (κ2) is 3.92. The van der Waals surface area contributed by atoms with Crippen molar-refractivity contribution in [2.75, 3.05) is 6.54 Å². The van der Waals surface area contributed by atoms with E-state index < -0.39 is 0 Å². The minimum Gasteiger partial charge on any atom is -0.374 e. The van der Waals surface area contributed by atoms with Crippen molar-refractivity contribution in [1.82, 2.24) is 5.32 Å². The SMILES string of the molecule is CCN[CH]O. The van der Waals surface area contributed by atoms with Gasteiger partial charge in [0.25, 0.3) is 0 Å². The van der Waals surface area contributed by atoms with Gasteiger partial charge in [0.2, 0.25) is 0 Å².